The first-order valence-electron chi connectivity index (χ1n) is 14.5. The Morgan fingerprint density at radius 3 is 1.44 bits per heavy atom. The van der Waals surface area contributed by atoms with Gasteiger partial charge in [-0.1, -0.05) is 149 Å². The Morgan fingerprint density at radius 2 is 1.00 bits per heavy atom. The summed E-state index contributed by atoms with van der Waals surface area (Å²) in [5.74, 6) is 3.66. The summed E-state index contributed by atoms with van der Waals surface area (Å²) in [6.07, 6.45) is 14.3. The van der Waals surface area contributed by atoms with E-state index in [-0.39, 0.29) is 15.9 Å². The number of allylic oxidation sites excluding steroid dienone is 1. The maximum atomic E-state index is 4.81. The molecule has 0 amide bonds. The molecule has 0 saturated heterocycles. The minimum atomic E-state index is -1.87. The van der Waals surface area contributed by atoms with Crippen LogP contribution in [0.25, 0.3) is 0 Å². The molecule has 41 heavy (non-hydrogen) atoms. The van der Waals surface area contributed by atoms with E-state index in [1.54, 1.807) is 0 Å². The third-order valence-electron chi connectivity index (χ3n) is 7.17. The molecule has 0 N–H and O–H groups in total. The van der Waals surface area contributed by atoms with Crippen molar-refractivity contribution in [1.82, 2.24) is 0 Å². The van der Waals surface area contributed by atoms with Crippen molar-refractivity contribution in [1.29, 1.82) is 0 Å². The van der Waals surface area contributed by atoms with E-state index in [1.165, 1.54) is 66.2 Å². The van der Waals surface area contributed by atoms with Crippen molar-refractivity contribution in [2.75, 3.05) is 5.90 Å². The molecular formula is C36H42Cl2P2Pd. The van der Waals surface area contributed by atoms with Crippen molar-refractivity contribution >= 4 is 55.5 Å². The van der Waals surface area contributed by atoms with Crippen molar-refractivity contribution in [2.24, 2.45) is 0 Å². The molecule has 0 aliphatic heterocycles. The van der Waals surface area contributed by atoms with Crippen molar-refractivity contribution in [3.63, 3.8) is 0 Å². The molecule has 0 aromatic heterocycles. The number of unbranched alkanes of at least 4 members (excludes halogenated alkanes) is 7. The number of hydrogen-bond donors (Lipinski definition) is 0. The second-order valence-electron chi connectivity index (χ2n) is 10.0. The number of hydrogen-bond acceptors (Lipinski definition) is 0. The van der Waals surface area contributed by atoms with Crippen LogP contribution >= 0.6 is 34.2 Å². The van der Waals surface area contributed by atoms with E-state index in [4.69, 9.17) is 19.1 Å². The van der Waals surface area contributed by atoms with Crippen LogP contribution in [0.1, 0.15) is 58.3 Å². The van der Waals surface area contributed by atoms with Gasteiger partial charge in [0.15, 0.2) is 0 Å². The Kier molecular flexibility index (Phi) is 17.2. The molecule has 4 aromatic carbocycles. The Balaban J connectivity index is 0.00000147. The summed E-state index contributed by atoms with van der Waals surface area (Å²) < 4.78 is 0. The van der Waals surface area contributed by atoms with Crippen LogP contribution in [0.5, 0.6) is 0 Å². The summed E-state index contributed by atoms with van der Waals surface area (Å²) in [7, 11) is 7.22. The van der Waals surface area contributed by atoms with Gasteiger partial charge >= 0.3 is 35.0 Å². The fourth-order valence-electron chi connectivity index (χ4n) is 5.05. The first-order valence-corrected chi connectivity index (χ1v) is 22.1. The normalized spacial score (nSPS) is 11.5. The van der Waals surface area contributed by atoms with Gasteiger partial charge in [-0.2, -0.15) is 6.42 Å². The SMILES string of the molecule is CCCCCCCCC[C-]=C[P+](CP(c1ccccc1)c1ccccc1)(c1ccccc1)c1ccccc1.[Cl][Pd][Cl]. The quantitative estimate of drug-likeness (QED) is 0.0498. The number of benzene rings is 4. The minimum absolute atomic E-state index is 0.106. The number of rotatable bonds is 15. The van der Waals surface area contributed by atoms with E-state index < -0.39 is 15.2 Å². The van der Waals surface area contributed by atoms with Gasteiger partial charge in [0.2, 0.25) is 0 Å². The van der Waals surface area contributed by atoms with Gasteiger partial charge in [0.1, 0.15) is 10.6 Å². The van der Waals surface area contributed by atoms with Gasteiger partial charge in [-0.3, -0.25) is 0 Å². The van der Waals surface area contributed by atoms with Crippen LogP contribution in [0, 0.1) is 6.08 Å². The summed E-state index contributed by atoms with van der Waals surface area (Å²) in [6, 6.07) is 44.9. The standard InChI is InChI=1S/C36H42P2.2ClH.Pd/c1-2-3-4-5-6-7-8-9-22-31-38(35-27-18-12-19-28-35,36-29-20-13-21-30-36)32-37(33-23-14-10-15-24-33)34-25-16-11-17-26-34;;;/h10-21,23-31H,2-9,32H2,1H3;2*1H;/q;;;+2/p-2. The van der Waals surface area contributed by atoms with Gasteiger partial charge in [-0.05, 0) is 42.8 Å². The van der Waals surface area contributed by atoms with Gasteiger partial charge in [0, 0.05) is 0 Å². The molecule has 0 atom stereocenters. The molecule has 4 rings (SSSR count). The Labute approximate surface area is 267 Å². The van der Waals surface area contributed by atoms with Gasteiger partial charge in [-0.25, -0.2) is 0 Å². The van der Waals surface area contributed by atoms with E-state index in [2.05, 4.69) is 140 Å². The molecule has 0 aliphatic carbocycles. The molecular weight excluding hydrogens is 672 g/mol. The Hall–Kier alpha value is -1.28. The van der Waals surface area contributed by atoms with Gasteiger partial charge in [-0.15, -0.1) is 5.82 Å². The predicted molar refractivity (Wildman–Crippen MR) is 185 cm³/mol. The molecule has 0 aliphatic rings. The molecule has 0 bridgehead atoms. The summed E-state index contributed by atoms with van der Waals surface area (Å²) >= 11 is -0.106. The van der Waals surface area contributed by atoms with Crippen LogP contribution in [0.4, 0.5) is 0 Å². The zero-order chi connectivity index (χ0) is 29.0. The summed E-state index contributed by atoms with van der Waals surface area (Å²) in [6.45, 7) is 2.29. The van der Waals surface area contributed by atoms with Crippen LogP contribution in [-0.4, -0.2) is 5.90 Å². The Morgan fingerprint density at radius 1 is 0.610 bits per heavy atom. The maximum absolute atomic E-state index is 4.81. The molecule has 0 radical (unpaired) electrons. The zero-order valence-corrected chi connectivity index (χ0v) is 28.8. The second kappa shape index (κ2) is 20.6. The van der Waals surface area contributed by atoms with Crippen LogP contribution in [0.3, 0.4) is 0 Å². The van der Waals surface area contributed by atoms with Crippen LogP contribution in [0.15, 0.2) is 127 Å². The van der Waals surface area contributed by atoms with Crippen molar-refractivity contribution < 1.29 is 15.9 Å². The molecule has 0 fully saturated rings. The third kappa shape index (κ3) is 11.4. The first-order chi connectivity index (χ1) is 20.2. The summed E-state index contributed by atoms with van der Waals surface area (Å²) in [5, 5.41) is 5.81. The zero-order valence-electron chi connectivity index (χ0n) is 24.0. The van der Waals surface area contributed by atoms with Gasteiger partial charge < -0.3 is 6.08 Å². The molecule has 0 unspecified atom stereocenters. The second-order valence-corrected chi connectivity index (χ2v) is 18.4. The van der Waals surface area contributed by atoms with E-state index >= 15 is 0 Å². The summed E-state index contributed by atoms with van der Waals surface area (Å²) in [4.78, 5) is 0. The summed E-state index contributed by atoms with van der Waals surface area (Å²) in [5.41, 5.74) is 0. The van der Waals surface area contributed by atoms with Crippen molar-refractivity contribution in [2.45, 2.75) is 58.3 Å². The van der Waals surface area contributed by atoms with Gasteiger partial charge in [0.05, 0.1) is 13.2 Å². The third-order valence-corrected chi connectivity index (χ3v) is 15.0. The topological polar surface area (TPSA) is 0 Å². The van der Waals surface area contributed by atoms with Crippen molar-refractivity contribution in [3.8, 4) is 0 Å². The van der Waals surface area contributed by atoms with E-state index in [0.29, 0.717) is 0 Å². The monoisotopic (exact) mass is 712 g/mol. The molecule has 0 spiro atoms. The van der Waals surface area contributed by atoms with E-state index in [0.717, 1.165) is 12.3 Å². The van der Waals surface area contributed by atoms with Crippen molar-refractivity contribution in [3.05, 3.63) is 133 Å². The molecule has 0 heterocycles. The predicted octanol–water partition coefficient (Wildman–Crippen LogP) is 10.6. The van der Waals surface area contributed by atoms with Gasteiger partial charge in [0.25, 0.3) is 0 Å². The Bertz CT molecular complexity index is 1140. The van der Waals surface area contributed by atoms with E-state index in [1.807, 2.05) is 0 Å². The fraction of sp³-hybridized carbons (Fsp3) is 0.278. The fourth-order valence-corrected chi connectivity index (χ4v) is 13.6. The molecule has 4 aromatic rings. The van der Waals surface area contributed by atoms with E-state index in [9.17, 15) is 0 Å². The first kappa shape index (κ1) is 34.2. The van der Waals surface area contributed by atoms with Crippen LogP contribution in [-0.2, 0) is 15.9 Å². The number of halogens is 2. The average Bonchev–Trinajstić information content (AvgIpc) is 3.04. The van der Waals surface area contributed by atoms with Crippen LogP contribution in [0.2, 0.25) is 0 Å². The van der Waals surface area contributed by atoms with Crippen LogP contribution < -0.4 is 21.2 Å². The molecule has 0 saturated carbocycles. The average molecular weight is 714 g/mol. The molecule has 0 nitrogen and oxygen atoms in total. The molecule has 220 valence electrons. The molecule has 5 heteroatoms.